The first-order valence-corrected chi connectivity index (χ1v) is 7.71. The minimum atomic E-state index is -0.0620. The summed E-state index contributed by atoms with van der Waals surface area (Å²) in [6.45, 7) is 5.34. The molecule has 0 aliphatic carbocycles. The molecule has 1 heterocycles. The van der Waals surface area contributed by atoms with E-state index in [1.54, 1.807) is 11.8 Å². The zero-order valence-corrected chi connectivity index (χ0v) is 13.0. The van der Waals surface area contributed by atoms with Gasteiger partial charge in [0.05, 0.1) is 0 Å². The fourth-order valence-electron chi connectivity index (χ4n) is 1.83. The molecular formula is C16H19N3OS. The third-order valence-electron chi connectivity index (χ3n) is 2.80. The van der Waals surface area contributed by atoms with E-state index >= 15 is 0 Å². The van der Waals surface area contributed by atoms with E-state index in [1.165, 1.54) is 12.5 Å². The standard InChI is InChI=1S/C16H19N3OS/c1-3-17-11-13-5-4-10-18-16(13)21-15-8-6-14(7-9-15)19-12(2)20/h4-10,17H,3,11H2,1-2H3,(H,19,20). The van der Waals surface area contributed by atoms with Crippen molar-refractivity contribution in [1.82, 2.24) is 10.3 Å². The van der Waals surface area contributed by atoms with Gasteiger partial charge in [0.25, 0.3) is 0 Å². The average molecular weight is 301 g/mol. The highest BCUT2D eigenvalue weighted by Gasteiger charge is 2.05. The van der Waals surface area contributed by atoms with Gasteiger partial charge in [0, 0.05) is 30.2 Å². The summed E-state index contributed by atoms with van der Waals surface area (Å²) in [5.74, 6) is -0.0620. The second kappa shape index (κ2) is 7.81. The summed E-state index contributed by atoms with van der Waals surface area (Å²) in [5, 5.41) is 7.09. The molecule has 1 amide bonds. The second-order valence-corrected chi connectivity index (χ2v) is 5.62. The van der Waals surface area contributed by atoms with Crippen LogP contribution in [0.5, 0.6) is 0 Å². The van der Waals surface area contributed by atoms with Crippen LogP contribution in [0.3, 0.4) is 0 Å². The van der Waals surface area contributed by atoms with E-state index in [9.17, 15) is 4.79 Å². The molecule has 2 aromatic rings. The van der Waals surface area contributed by atoms with Gasteiger partial charge in [0.15, 0.2) is 0 Å². The third-order valence-corrected chi connectivity index (χ3v) is 3.87. The number of nitrogens with one attached hydrogen (secondary N) is 2. The SMILES string of the molecule is CCNCc1cccnc1Sc1ccc(NC(C)=O)cc1. The van der Waals surface area contributed by atoms with Crippen LogP contribution in [0.4, 0.5) is 5.69 Å². The predicted molar refractivity (Wildman–Crippen MR) is 86.5 cm³/mol. The summed E-state index contributed by atoms with van der Waals surface area (Å²) < 4.78 is 0. The molecule has 0 bridgehead atoms. The maximum absolute atomic E-state index is 11.0. The number of carbonyl (C=O) groups excluding carboxylic acids is 1. The van der Waals surface area contributed by atoms with Gasteiger partial charge in [-0.25, -0.2) is 4.98 Å². The van der Waals surface area contributed by atoms with Crippen molar-refractivity contribution in [2.75, 3.05) is 11.9 Å². The van der Waals surface area contributed by atoms with Crippen molar-refractivity contribution in [2.24, 2.45) is 0 Å². The maximum Gasteiger partial charge on any atom is 0.221 e. The molecule has 0 aliphatic heterocycles. The van der Waals surface area contributed by atoms with Crippen LogP contribution in [0.1, 0.15) is 19.4 Å². The molecule has 2 N–H and O–H groups in total. The Hall–Kier alpha value is -1.85. The van der Waals surface area contributed by atoms with E-state index in [-0.39, 0.29) is 5.91 Å². The quantitative estimate of drug-likeness (QED) is 0.859. The van der Waals surface area contributed by atoms with Crippen LogP contribution in [-0.2, 0) is 11.3 Å². The Morgan fingerprint density at radius 2 is 2.00 bits per heavy atom. The predicted octanol–water partition coefficient (Wildman–Crippen LogP) is 3.30. The number of rotatable bonds is 6. The Morgan fingerprint density at radius 1 is 1.24 bits per heavy atom. The van der Waals surface area contributed by atoms with E-state index < -0.39 is 0 Å². The lowest BCUT2D eigenvalue weighted by Gasteiger charge is -2.09. The number of anilines is 1. The molecule has 2 rings (SSSR count). The minimum Gasteiger partial charge on any atom is -0.326 e. The van der Waals surface area contributed by atoms with Crippen molar-refractivity contribution >= 4 is 23.4 Å². The van der Waals surface area contributed by atoms with Crippen LogP contribution in [0, 0.1) is 0 Å². The van der Waals surface area contributed by atoms with Crippen LogP contribution in [0.2, 0.25) is 0 Å². The molecule has 1 aromatic heterocycles. The summed E-state index contributed by atoms with van der Waals surface area (Å²) in [6, 6.07) is 11.8. The van der Waals surface area contributed by atoms with Crippen molar-refractivity contribution in [3.05, 3.63) is 48.2 Å². The Morgan fingerprint density at radius 3 is 2.67 bits per heavy atom. The highest BCUT2D eigenvalue weighted by atomic mass is 32.2. The second-order valence-electron chi connectivity index (χ2n) is 4.56. The van der Waals surface area contributed by atoms with E-state index in [4.69, 9.17) is 0 Å². The molecular weight excluding hydrogens is 282 g/mol. The minimum absolute atomic E-state index is 0.0620. The Labute approximate surface area is 129 Å². The molecule has 5 heteroatoms. The topological polar surface area (TPSA) is 54.0 Å². The van der Waals surface area contributed by atoms with Crippen molar-refractivity contribution in [3.8, 4) is 0 Å². The molecule has 0 saturated carbocycles. The maximum atomic E-state index is 11.0. The number of aromatic nitrogens is 1. The third kappa shape index (κ3) is 4.88. The Balaban J connectivity index is 2.09. The van der Waals surface area contributed by atoms with Gasteiger partial charge in [-0.2, -0.15) is 0 Å². The number of pyridine rings is 1. The monoisotopic (exact) mass is 301 g/mol. The van der Waals surface area contributed by atoms with E-state index in [0.29, 0.717) is 0 Å². The zero-order chi connectivity index (χ0) is 15.1. The van der Waals surface area contributed by atoms with Crippen molar-refractivity contribution in [1.29, 1.82) is 0 Å². The van der Waals surface area contributed by atoms with E-state index in [1.807, 2.05) is 36.5 Å². The Bertz CT molecular complexity index is 599. The molecule has 0 saturated heterocycles. The van der Waals surface area contributed by atoms with Crippen LogP contribution in [0.15, 0.2) is 52.5 Å². The number of benzene rings is 1. The number of amides is 1. The van der Waals surface area contributed by atoms with Crippen molar-refractivity contribution in [2.45, 2.75) is 30.3 Å². The molecule has 21 heavy (non-hydrogen) atoms. The molecule has 0 spiro atoms. The molecule has 1 aromatic carbocycles. The first-order chi connectivity index (χ1) is 10.2. The summed E-state index contributed by atoms with van der Waals surface area (Å²) in [5.41, 5.74) is 2.00. The van der Waals surface area contributed by atoms with Crippen LogP contribution >= 0.6 is 11.8 Å². The molecule has 0 atom stereocenters. The lowest BCUT2D eigenvalue weighted by atomic mass is 10.3. The van der Waals surface area contributed by atoms with Crippen molar-refractivity contribution in [3.63, 3.8) is 0 Å². The molecule has 0 aliphatic rings. The number of hydrogen-bond acceptors (Lipinski definition) is 4. The van der Waals surface area contributed by atoms with Gasteiger partial charge in [-0.3, -0.25) is 4.79 Å². The van der Waals surface area contributed by atoms with Gasteiger partial charge >= 0.3 is 0 Å². The lowest BCUT2D eigenvalue weighted by Crippen LogP contribution is -2.12. The van der Waals surface area contributed by atoms with Crippen LogP contribution in [0.25, 0.3) is 0 Å². The number of nitrogens with zero attached hydrogens (tertiary/aromatic N) is 1. The van der Waals surface area contributed by atoms with Crippen molar-refractivity contribution < 1.29 is 4.79 Å². The number of hydrogen-bond donors (Lipinski definition) is 2. The Kier molecular flexibility index (Phi) is 5.78. The summed E-state index contributed by atoms with van der Waals surface area (Å²) >= 11 is 1.63. The van der Waals surface area contributed by atoms with Gasteiger partial charge in [0.2, 0.25) is 5.91 Å². The first kappa shape index (κ1) is 15.5. The normalized spacial score (nSPS) is 10.4. The highest BCUT2D eigenvalue weighted by molar-refractivity contribution is 7.99. The van der Waals surface area contributed by atoms with Gasteiger partial charge in [0.1, 0.15) is 5.03 Å². The summed E-state index contributed by atoms with van der Waals surface area (Å²) in [6.07, 6.45) is 1.81. The van der Waals surface area contributed by atoms with Crippen LogP contribution < -0.4 is 10.6 Å². The molecule has 4 nitrogen and oxygen atoms in total. The van der Waals surface area contributed by atoms with Gasteiger partial charge < -0.3 is 10.6 Å². The fraction of sp³-hybridized carbons (Fsp3) is 0.250. The van der Waals surface area contributed by atoms with Crippen LogP contribution in [-0.4, -0.2) is 17.4 Å². The molecule has 0 fully saturated rings. The van der Waals surface area contributed by atoms with E-state index in [0.717, 1.165) is 28.7 Å². The van der Waals surface area contributed by atoms with Gasteiger partial charge in [-0.05, 0) is 42.4 Å². The molecule has 110 valence electrons. The zero-order valence-electron chi connectivity index (χ0n) is 12.2. The highest BCUT2D eigenvalue weighted by Crippen LogP contribution is 2.29. The average Bonchev–Trinajstić information content (AvgIpc) is 2.48. The first-order valence-electron chi connectivity index (χ1n) is 6.89. The summed E-state index contributed by atoms with van der Waals surface area (Å²) in [4.78, 5) is 16.5. The fourth-order valence-corrected chi connectivity index (χ4v) is 2.71. The smallest absolute Gasteiger partial charge is 0.221 e. The lowest BCUT2D eigenvalue weighted by molar-refractivity contribution is -0.114. The summed E-state index contributed by atoms with van der Waals surface area (Å²) in [7, 11) is 0. The molecule has 0 radical (unpaired) electrons. The van der Waals surface area contributed by atoms with Gasteiger partial charge in [-0.15, -0.1) is 0 Å². The molecule has 0 unspecified atom stereocenters. The van der Waals surface area contributed by atoms with E-state index in [2.05, 4.69) is 28.6 Å². The van der Waals surface area contributed by atoms with Gasteiger partial charge in [-0.1, -0.05) is 24.8 Å². The number of carbonyl (C=O) groups is 1. The largest absolute Gasteiger partial charge is 0.326 e.